The monoisotopic (exact) mass is 1050 g/mol. The maximum absolute atomic E-state index is 14.6. The van der Waals surface area contributed by atoms with Crippen LogP contribution in [0, 0.1) is 17.3 Å². The first-order valence-corrected chi connectivity index (χ1v) is 28.1. The Morgan fingerprint density at radius 1 is 0.649 bits per heavy atom. The molecule has 2 fully saturated rings. The van der Waals surface area contributed by atoms with Crippen LogP contribution in [0.15, 0.2) is 97.1 Å². The maximum Gasteiger partial charge on any atom is 0.251 e. The minimum absolute atomic E-state index is 0.0383. The van der Waals surface area contributed by atoms with Gasteiger partial charge in [0.2, 0.25) is 23.6 Å². The molecular weight excluding hydrogens is 969 g/mol. The Labute approximate surface area is 455 Å². The van der Waals surface area contributed by atoms with Gasteiger partial charge in [-0.2, -0.15) is 0 Å². The maximum atomic E-state index is 14.6. The van der Waals surface area contributed by atoms with E-state index in [4.69, 9.17) is 4.74 Å². The number of ketones is 1. The SMILES string of the molecule is CN[C@@H](C)C(=O)N[C@@H](Cc1ccc(OCc2ccc(C(=O)N[C@H]3CC(N[C@@H]4CCCc5ccccc54)N(C(=O)[C@@H](NC(=O)[C@H](C)NC)C(C)(C)C)C3)cc2)cc1)C(=O)[C@H]1CCCC[C@H]1C(=O)N[C@@H]1CCCc2ccccc21. The van der Waals surface area contributed by atoms with E-state index in [9.17, 15) is 28.8 Å². The van der Waals surface area contributed by atoms with Crippen molar-refractivity contribution >= 4 is 35.3 Å². The van der Waals surface area contributed by atoms with E-state index in [1.54, 1.807) is 40.1 Å². The summed E-state index contributed by atoms with van der Waals surface area (Å²) in [5.41, 5.74) is 6.54. The van der Waals surface area contributed by atoms with Gasteiger partial charge in [-0.15, -0.1) is 0 Å². The number of nitrogens with zero attached hydrogens (tertiary/aromatic N) is 1. The number of hydrogen-bond donors (Lipinski definition) is 7. The molecule has 4 aliphatic rings. The molecule has 0 radical (unpaired) electrons. The number of benzene rings is 4. The van der Waals surface area contributed by atoms with E-state index in [0.717, 1.165) is 68.1 Å². The number of likely N-dealkylation sites (N-methyl/N-ethyl adjacent to an activating group) is 2. The van der Waals surface area contributed by atoms with Gasteiger partial charge in [0.1, 0.15) is 18.4 Å². The summed E-state index contributed by atoms with van der Waals surface area (Å²) in [7, 11) is 3.42. The smallest absolute Gasteiger partial charge is 0.251 e. The molecule has 1 aliphatic heterocycles. The summed E-state index contributed by atoms with van der Waals surface area (Å²) in [5.74, 6) is -1.54. The van der Waals surface area contributed by atoms with E-state index in [0.29, 0.717) is 30.6 Å². The summed E-state index contributed by atoms with van der Waals surface area (Å²) < 4.78 is 6.19. The van der Waals surface area contributed by atoms with Crippen molar-refractivity contribution in [2.45, 2.75) is 167 Å². The number of carbonyl (C=O) groups excluding carboxylic acids is 6. The second-order valence-corrected chi connectivity index (χ2v) is 23.0. The van der Waals surface area contributed by atoms with Crippen LogP contribution in [0.4, 0.5) is 0 Å². The fourth-order valence-corrected chi connectivity index (χ4v) is 11.7. The average molecular weight is 1050 g/mol. The normalized spacial score (nSPS) is 22.7. The van der Waals surface area contributed by atoms with Crippen LogP contribution >= 0.6 is 0 Å². The fraction of sp³-hybridized carbons (Fsp3) is 0.516. The summed E-state index contributed by atoms with van der Waals surface area (Å²) >= 11 is 0. The van der Waals surface area contributed by atoms with Crippen molar-refractivity contribution in [3.63, 3.8) is 0 Å². The molecule has 1 unspecified atom stereocenters. The Morgan fingerprint density at radius 3 is 1.84 bits per heavy atom. The Hall–Kier alpha value is -6.42. The van der Waals surface area contributed by atoms with Crippen molar-refractivity contribution in [1.29, 1.82) is 0 Å². The number of fused-ring (bicyclic) bond motifs is 2. The number of likely N-dealkylation sites (tertiary alicyclic amines) is 1. The highest BCUT2D eigenvalue weighted by Gasteiger charge is 2.45. The first-order chi connectivity index (χ1) is 37.0. The Balaban J connectivity index is 0.888. The van der Waals surface area contributed by atoms with Gasteiger partial charge in [0.25, 0.3) is 5.91 Å². The van der Waals surface area contributed by atoms with Crippen LogP contribution in [-0.4, -0.2) is 97.2 Å². The molecule has 412 valence electrons. The Kier molecular flexibility index (Phi) is 19.0. The molecule has 0 aromatic heterocycles. The molecule has 1 saturated heterocycles. The lowest BCUT2D eigenvalue weighted by molar-refractivity contribution is -0.141. The molecule has 77 heavy (non-hydrogen) atoms. The van der Waals surface area contributed by atoms with Crippen molar-refractivity contribution < 1.29 is 33.5 Å². The van der Waals surface area contributed by atoms with Crippen LogP contribution in [-0.2, 0) is 49.8 Å². The Morgan fingerprint density at radius 2 is 1.22 bits per heavy atom. The number of Topliss-reactive ketones (excluding diaryl/α,β-unsaturated/α-hetero) is 1. The average Bonchev–Trinajstić information content (AvgIpc) is 3.84. The van der Waals surface area contributed by atoms with E-state index in [1.807, 2.05) is 74.2 Å². The summed E-state index contributed by atoms with van der Waals surface area (Å²) in [6.07, 6.45) is 9.14. The highest BCUT2D eigenvalue weighted by Crippen LogP contribution is 2.36. The zero-order valence-corrected chi connectivity index (χ0v) is 46.2. The molecule has 4 aromatic carbocycles. The number of carbonyl (C=O) groups is 6. The zero-order valence-electron chi connectivity index (χ0n) is 46.2. The van der Waals surface area contributed by atoms with Crippen molar-refractivity contribution in [2.75, 3.05) is 20.6 Å². The highest BCUT2D eigenvalue weighted by atomic mass is 16.5. The number of aryl methyl sites for hydroxylation is 2. The van der Waals surface area contributed by atoms with E-state index < -0.39 is 41.4 Å². The number of amides is 5. The lowest BCUT2D eigenvalue weighted by Gasteiger charge is -2.38. The van der Waals surface area contributed by atoms with Crippen LogP contribution in [0.1, 0.15) is 148 Å². The van der Waals surface area contributed by atoms with Crippen molar-refractivity contribution in [1.82, 2.24) is 42.1 Å². The van der Waals surface area contributed by atoms with Crippen LogP contribution < -0.4 is 42.0 Å². The van der Waals surface area contributed by atoms with Gasteiger partial charge < -0.3 is 41.5 Å². The third-order valence-corrected chi connectivity index (χ3v) is 16.5. The third kappa shape index (κ3) is 14.2. The first kappa shape index (κ1) is 56.8. The van der Waals surface area contributed by atoms with Crippen molar-refractivity contribution in [3.8, 4) is 5.75 Å². The highest BCUT2D eigenvalue weighted by molar-refractivity contribution is 5.96. The van der Waals surface area contributed by atoms with Crippen molar-refractivity contribution in [2.24, 2.45) is 17.3 Å². The predicted octanol–water partition coefficient (Wildman–Crippen LogP) is 6.93. The number of ether oxygens (including phenoxy) is 1. The van der Waals surface area contributed by atoms with Gasteiger partial charge in [-0.1, -0.05) is 106 Å². The largest absolute Gasteiger partial charge is 0.489 e. The molecule has 4 aromatic rings. The van der Waals surface area contributed by atoms with Gasteiger partial charge >= 0.3 is 0 Å². The zero-order chi connectivity index (χ0) is 54.8. The van der Waals surface area contributed by atoms with Crippen LogP contribution in [0.5, 0.6) is 5.75 Å². The summed E-state index contributed by atoms with van der Waals surface area (Å²) in [6, 6.07) is 28.5. The minimum Gasteiger partial charge on any atom is -0.489 e. The fourth-order valence-electron chi connectivity index (χ4n) is 11.7. The summed E-state index contributed by atoms with van der Waals surface area (Å²) in [4.78, 5) is 85.5. The van der Waals surface area contributed by atoms with Crippen LogP contribution in [0.25, 0.3) is 0 Å². The number of rotatable bonds is 20. The molecule has 10 atom stereocenters. The molecule has 0 bridgehead atoms. The van der Waals surface area contributed by atoms with Crippen molar-refractivity contribution in [3.05, 3.63) is 136 Å². The Bertz CT molecular complexity index is 2710. The molecule has 3 aliphatic carbocycles. The molecule has 8 rings (SSSR count). The lowest BCUT2D eigenvalue weighted by atomic mass is 9.74. The van der Waals surface area contributed by atoms with Crippen LogP contribution in [0.3, 0.4) is 0 Å². The molecule has 5 amide bonds. The minimum atomic E-state index is -0.824. The van der Waals surface area contributed by atoms with Gasteiger partial charge in [0.15, 0.2) is 5.78 Å². The summed E-state index contributed by atoms with van der Waals surface area (Å²) in [5, 5.41) is 22.3. The topological polar surface area (TPSA) is 199 Å². The van der Waals surface area contributed by atoms with Gasteiger partial charge in [0, 0.05) is 36.4 Å². The first-order valence-electron chi connectivity index (χ1n) is 28.1. The molecular formula is C62H82N8O7. The standard InChI is InChI=1S/C62H82N8O7/c1-38(63-6)57(72)68-53(55(71)49-22-12-13-23-50(49)60(75)67-52-25-15-19-43-17-9-11-21-48(43)52)34-40-28-32-46(33-29-40)77-37-41-26-30-44(31-27-41)59(74)65-45-35-54(66-51-24-14-18-42-16-8-10-20-47(42)51)70(36-45)61(76)56(62(3,4)5)69-58(73)39(2)64-7/h8-11,16-17,20-21,26-33,38-39,45,49-54,56,63-64,66H,12-15,18-19,22-25,34-37H2,1-7H3,(H,65,74)(H,67,75)(H,68,72)(H,69,73)/t38-,39-,45-,49-,50+,51+,52+,53-,54?,56+/m0/s1. The lowest BCUT2D eigenvalue weighted by Crippen LogP contribution is -2.60. The second-order valence-electron chi connectivity index (χ2n) is 23.0. The molecule has 7 N–H and O–H groups in total. The van der Waals surface area contributed by atoms with E-state index >= 15 is 0 Å². The molecule has 1 saturated carbocycles. The van der Waals surface area contributed by atoms with E-state index in [-0.39, 0.29) is 79.2 Å². The number of hydrogen-bond acceptors (Lipinski definition) is 10. The third-order valence-electron chi connectivity index (χ3n) is 16.5. The van der Waals surface area contributed by atoms with Gasteiger partial charge in [-0.25, -0.2) is 0 Å². The molecule has 0 spiro atoms. The quantitative estimate of drug-likeness (QED) is 0.0487. The van der Waals surface area contributed by atoms with Gasteiger partial charge in [-0.05, 0) is 149 Å². The van der Waals surface area contributed by atoms with Gasteiger partial charge in [0.05, 0.1) is 36.4 Å². The number of nitrogens with one attached hydrogen (secondary N) is 7. The van der Waals surface area contributed by atoms with Crippen LogP contribution in [0.2, 0.25) is 0 Å². The summed E-state index contributed by atoms with van der Waals surface area (Å²) in [6.45, 7) is 9.89. The predicted molar refractivity (Wildman–Crippen MR) is 299 cm³/mol. The second kappa shape index (κ2) is 25.8. The molecule has 15 heteroatoms. The van der Waals surface area contributed by atoms with E-state index in [2.05, 4.69) is 73.6 Å². The molecule has 1 heterocycles. The van der Waals surface area contributed by atoms with E-state index in [1.165, 1.54) is 16.7 Å². The molecule has 15 nitrogen and oxygen atoms in total. The van der Waals surface area contributed by atoms with Gasteiger partial charge in [-0.3, -0.25) is 34.1 Å².